The van der Waals surface area contributed by atoms with Crippen LogP contribution in [0.2, 0.25) is 0 Å². The molecule has 1 fully saturated rings. The van der Waals surface area contributed by atoms with E-state index < -0.39 is 0 Å². The van der Waals surface area contributed by atoms with Crippen molar-refractivity contribution in [2.75, 3.05) is 46.4 Å². The van der Waals surface area contributed by atoms with Crippen LogP contribution in [0.5, 0.6) is 0 Å². The van der Waals surface area contributed by atoms with Gasteiger partial charge in [-0.15, -0.1) is 0 Å². The van der Waals surface area contributed by atoms with E-state index in [0.29, 0.717) is 30.4 Å². The molecule has 1 aromatic heterocycles. The van der Waals surface area contributed by atoms with E-state index in [1.54, 1.807) is 24.3 Å². The third kappa shape index (κ3) is 5.08. The molecule has 3 aliphatic heterocycles. The number of nitrogens with zero attached hydrogens (tertiary/aromatic N) is 5. The number of pyridine rings is 1. The van der Waals surface area contributed by atoms with Crippen LogP contribution in [-0.4, -0.2) is 78.8 Å². The summed E-state index contributed by atoms with van der Waals surface area (Å²) >= 11 is 0. The lowest BCUT2D eigenvalue weighted by atomic mass is 10.2. The highest BCUT2D eigenvalue weighted by atomic mass is 16.5. The van der Waals surface area contributed by atoms with E-state index in [9.17, 15) is 4.79 Å². The highest BCUT2D eigenvalue weighted by Gasteiger charge is 2.26. The van der Waals surface area contributed by atoms with Gasteiger partial charge in [0.2, 0.25) is 0 Å². The van der Waals surface area contributed by atoms with Crippen molar-refractivity contribution in [3.63, 3.8) is 0 Å². The lowest BCUT2D eigenvalue weighted by molar-refractivity contribution is -0.123. The number of amidine groups is 2. The molecule has 3 aliphatic rings. The summed E-state index contributed by atoms with van der Waals surface area (Å²) in [5.41, 5.74) is 2.89. The summed E-state index contributed by atoms with van der Waals surface area (Å²) in [6, 6.07) is 3.75. The SMILES string of the molecule is COCCN1C(=O)/C(=C/c2ccc(C#CC3=CN=C(N4CCNCC4)C3)nc2)N=C1C. The zero-order valence-corrected chi connectivity index (χ0v) is 17.9. The molecule has 0 saturated carbocycles. The van der Waals surface area contributed by atoms with Crippen molar-refractivity contribution in [1.29, 1.82) is 0 Å². The quantitative estimate of drug-likeness (QED) is 0.588. The second kappa shape index (κ2) is 9.69. The molecular weight excluding hydrogens is 392 g/mol. The highest BCUT2D eigenvalue weighted by Crippen LogP contribution is 2.18. The summed E-state index contributed by atoms with van der Waals surface area (Å²) in [5.74, 6) is 7.94. The Kier molecular flexibility index (Phi) is 6.55. The van der Waals surface area contributed by atoms with E-state index >= 15 is 0 Å². The van der Waals surface area contributed by atoms with Gasteiger partial charge in [-0.05, 0) is 30.6 Å². The molecule has 0 unspecified atom stereocenters. The number of rotatable bonds is 4. The molecule has 1 saturated heterocycles. The first kappa shape index (κ1) is 21.0. The molecule has 31 heavy (non-hydrogen) atoms. The maximum absolute atomic E-state index is 12.5. The number of hydrogen-bond acceptors (Lipinski definition) is 7. The van der Waals surface area contributed by atoms with E-state index in [0.717, 1.165) is 49.6 Å². The van der Waals surface area contributed by atoms with Gasteiger partial charge < -0.3 is 15.0 Å². The van der Waals surface area contributed by atoms with Crippen molar-refractivity contribution < 1.29 is 9.53 Å². The topological polar surface area (TPSA) is 82.4 Å². The molecule has 1 aromatic rings. The van der Waals surface area contributed by atoms with Crippen molar-refractivity contribution >= 4 is 23.7 Å². The maximum atomic E-state index is 12.5. The molecule has 0 aliphatic carbocycles. The number of piperazine rings is 1. The third-order valence-electron chi connectivity index (χ3n) is 5.30. The van der Waals surface area contributed by atoms with Crippen LogP contribution in [0, 0.1) is 11.8 Å². The lowest BCUT2D eigenvalue weighted by Crippen LogP contribution is -2.46. The van der Waals surface area contributed by atoms with Crippen LogP contribution in [0.15, 0.2) is 45.8 Å². The Labute approximate surface area is 182 Å². The number of aromatic nitrogens is 1. The van der Waals surface area contributed by atoms with Crippen molar-refractivity contribution in [3.8, 4) is 11.8 Å². The Morgan fingerprint density at radius 1 is 1.26 bits per heavy atom. The standard InChI is InChI=1S/C23H26N6O2/c1-17-27-21(23(30)29(17)11-12-31-2)13-18-3-5-20(25-15-18)6-4-19-14-22(26-16-19)28-9-7-24-8-10-28/h3,5,13,15-16,24H,7-12,14H2,1-2H3/b21-13-. The Morgan fingerprint density at radius 3 is 2.84 bits per heavy atom. The fourth-order valence-corrected chi connectivity index (χ4v) is 3.58. The van der Waals surface area contributed by atoms with Crippen molar-refractivity contribution in [2.45, 2.75) is 13.3 Å². The minimum atomic E-state index is -0.119. The molecule has 0 spiro atoms. The molecular formula is C23H26N6O2. The van der Waals surface area contributed by atoms with E-state index in [1.807, 2.05) is 25.3 Å². The van der Waals surface area contributed by atoms with Gasteiger partial charge in [0.05, 0.1) is 13.2 Å². The van der Waals surface area contributed by atoms with E-state index in [1.165, 1.54) is 0 Å². The van der Waals surface area contributed by atoms with Crippen LogP contribution in [0.25, 0.3) is 6.08 Å². The van der Waals surface area contributed by atoms with Gasteiger partial charge in [-0.1, -0.05) is 12.0 Å². The Hall–Kier alpha value is -3.28. The molecule has 0 bridgehead atoms. The van der Waals surface area contributed by atoms with E-state index in [4.69, 9.17) is 4.74 Å². The van der Waals surface area contributed by atoms with E-state index in [2.05, 4.69) is 37.0 Å². The molecule has 1 N–H and O–H groups in total. The Morgan fingerprint density at radius 2 is 2.10 bits per heavy atom. The first-order chi connectivity index (χ1) is 15.1. The Bertz CT molecular complexity index is 1020. The average Bonchev–Trinajstić information content (AvgIpc) is 3.37. The molecule has 0 radical (unpaired) electrons. The second-order valence-electron chi connectivity index (χ2n) is 7.48. The summed E-state index contributed by atoms with van der Waals surface area (Å²) in [6.07, 6.45) is 6.08. The number of aliphatic imine (C=N–C) groups is 2. The number of carbonyl (C=O) groups is 1. The van der Waals surface area contributed by atoms with Crippen LogP contribution < -0.4 is 5.32 Å². The Balaban J connectivity index is 1.36. The first-order valence-corrected chi connectivity index (χ1v) is 10.4. The number of hydrogen-bond donors (Lipinski definition) is 1. The smallest absolute Gasteiger partial charge is 0.277 e. The van der Waals surface area contributed by atoms with Crippen LogP contribution >= 0.6 is 0 Å². The van der Waals surface area contributed by atoms with Gasteiger partial charge in [0.1, 0.15) is 23.1 Å². The number of nitrogens with one attached hydrogen (secondary N) is 1. The normalized spacial score (nSPS) is 19.9. The first-order valence-electron chi connectivity index (χ1n) is 10.4. The number of carbonyl (C=O) groups excluding carboxylic acids is 1. The molecule has 1 amide bonds. The lowest BCUT2D eigenvalue weighted by Gasteiger charge is -2.29. The molecule has 4 rings (SSSR count). The number of methoxy groups -OCH3 is 1. The zero-order chi connectivity index (χ0) is 21.6. The number of ether oxygens (including phenoxy) is 1. The molecule has 8 heteroatoms. The van der Waals surface area contributed by atoms with Crippen molar-refractivity contribution in [3.05, 3.63) is 47.1 Å². The summed E-state index contributed by atoms with van der Waals surface area (Å²) in [5, 5.41) is 3.35. The molecule has 4 heterocycles. The fourth-order valence-electron chi connectivity index (χ4n) is 3.58. The summed E-state index contributed by atoms with van der Waals surface area (Å²) in [4.78, 5) is 29.7. The van der Waals surface area contributed by atoms with Gasteiger partial charge in [-0.3, -0.25) is 9.69 Å². The van der Waals surface area contributed by atoms with Gasteiger partial charge >= 0.3 is 0 Å². The monoisotopic (exact) mass is 418 g/mol. The summed E-state index contributed by atoms with van der Waals surface area (Å²) in [6.45, 7) is 6.75. The average molecular weight is 419 g/mol. The molecule has 8 nitrogen and oxygen atoms in total. The van der Waals surface area contributed by atoms with Crippen LogP contribution in [-0.2, 0) is 9.53 Å². The summed E-state index contributed by atoms with van der Waals surface area (Å²) < 4.78 is 5.06. The van der Waals surface area contributed by atoms with Crippen LogP contribution in [0.4, 0.5) is 0 Å². The fraction of sp³-hybridized carbons (Fsp3) is 0.391. The maximum Gasteiger partial charge on any atom is 0.277 e. The van der Waals surface area contributed by atoms with Gasteiger partial charge in [-0.25, -0.2) is 15.0 Å². The van der Waals surface area contributed by atoms with Gasteiger partial charge in [0.25, 0.3) is 5.91 Å². The van der Waals surface area contributed by atoms with Crippen LogP contribution in [0.1, 0.15) is 24.6 Å². The zero-order valence-electron chi connectivity index (χ0n) is 17.9. The summed E-state index contributed by atoms with van der Waals surface area (Å²) in [7, 11) is 1.61. The number of amides is 1. The van der Waals surface area contributed by atoms with Gasteiger partial charge in [-0.2, -0.15) is 0 Å². The van der Waals surface area contributed by atoms with Crippen molar-refractivity contribution in [2.24, 2.45) is 9.98 Å². The predicted octanol–water partition coefficient (Wildman–Crippen LogP) is 1.27. The molecule has 160 valence electrons. The van der Waals surface area contributed by atoms with Crippen molar-refractivity contribution in [1.82, 2.24) is 20.1 Å². The van der Waals surface area contributed by atoms with E-state index in [-0.39, 0.29) is 5.91 Å². The second-order valence-corrected chi connectivity index (χ2v) is 7.48. The largest absolute Gasteiger partial charge is 0.383 e. The minimum absolute atomic E-state index is 0.119. The minimum Gasteiger partial charge on any atom is -0.383 e. The third-order valence-corrected chi connectivity index (χ3v) is 5.30. The van der Waals surface area contributed by atoms with Crippen LogP contribution in [0.3, 0.4) is 0 Å². The van der Waals surface area contributed by atoms with Gasteiger partial charge in [0.15, 0.2) is 0 Å². The molecule has 0 aromatic carbocycles. The predicted molar refractivity (Wildman–Crippen MR) is 120 cm³/mol. The highest BCUT2D eigenvalue weighted by molar-refractivity contribution is 6.13. The molecule has 0 atom stereocenters. The van der Waals surface area contributed by atoms with Gasteiger partial charge in [0, 0.05) is 57.7 Å².